The Hall–Kier alpha value is -2.72. The minimum absolute atomic E-state index is 0.00137. The zero-order chi connectivity index (χ0) is 18.6. The van der Waals surface area contributed by atoms with Crippen LogP contribution in [-0.4, -0.2) is 33.6 Å². The van der Waals surface area contributed by atoms with E-state index in [1.807, 2.05) is 31.3 Å². The Morgan fingerprint density at radius 1 is 1.07 bits per heavy atom. The second kappa shape index (κ2) is 7.89. The minimum Gasteiger partial charge on any atom is -0.299 e. The predicted molar refractivity (Wildman–Crippen MR) is 109 cm³/mol. The number of aryl methyl sites for hydroxylation is 1. The van der Waals surface area contributed by atoms with Gasteiger partial charge in [0.15, 0.2) is 0 Å². The van der Waals surface area contributed by atoms with Crippen molar-refractivity contribution in [2.45, 2.75) is 19.4 Å². The Morgan fingerprint density at radius 2 is 1.78 bits per heavy atom. The van der Waals surface area contributed by atoms with Gasteiger partial charge < -0.3 is 0 Å². The molecule has 0 amide bonds. The standard InChI is InChI=1S/C23H25N3O/c1-25-21-10-6-5-9-20(21)23(24-25)22(27)12-11-18-13-15-26(16-14-18)17-19-7-3-2-4-8-19/h2-12,18H,13-17H2,1H3/b12-11+. The highest BCUT2D eigenvalue weighted by Gasteiger charge is 2.18. The summed E-state index contributed by atoms with van der Waals surface area (Å²) in [5.41, 5.74) is 2.90. The molecule has 0 radical (unpaired) electrons. The number of ketones is 1. The van der Waals surface area contributed by atoms with Crippen LogP contribution in [0.2, 0.25) is 0 Å². The molecule has 4 heteroatoms. The van der Waals surface area contributed by atoms with Crippen molar-refractivity contribution >= 4 is 16.7 Å². The molecule has 27 heavy (non-hydrogen) atoms. The number of carbonyl (C=O) groups is 1. The van der Waals surface area contributed by atoms with Crippen molar-refractivity contribution in [2.75, 3.05) is 13.1 Å². The van der Waals surface area contributed by atoms with E-state index in [4.69, 9.17) is 0 Å². The molecule has 0 aliphatic carbocycles. The first-order valence-corrected chi connectivity index (χ1v) is 9.61. The quantitative estimate of drug-likeness (QED) is 0.505. The lowest BCUT2D eigenvalue weighted by molar-refractivity contribution is 0.104. The average molecular weight is 359 g/mol. The lowest BCUT2D eigenvalue weighted by Crippen LogP contribution is -2.32. The van der Waals surface area contributed by atoms with Gasteiger partial charge in [-0.1, -0.05) is 54.6 Å². The number of allylic oxidation sites excluding steroid dienone is 2. The SMILES string of the molecule is Cn1nc(C(=O)/C=C/C2CCN(Cc3ccccc3)CC2)c2ccccc21. The van der Waals surface area contributed by atoms with E-state index in [9.17, 15) is 4.79 Å². The lowest BCUT2D eigenvalue weighted by atomic mass is 9.95. The van der Waals surface area contributed by atoms with Crippen molar-refractivity contribution in [1.29, 1.82) is 0 Å². The summed E-state index contributed by atoms with van der Waals surface area (Å²) in [7, 11) is 1.88. The van der Waals surface area contributed by atoms with Gasteiger partial charge in [-0.2, -0.15) is 5.10 Å². The van der Waals surface area contributed by atoms with Gasteiger partial charge in [0.05, 0.1) is 5.52 Å². The molecule has 0 unspecified atom stereocenters. The van der Waals surface area contributed by atoms with E-state index in [1.165, 1.54) is 5.56 Å². The van der Waals surface area contributed by atoms with E-state index in [0.717, 1.165) is 43.4 Å². The number of likely N-dealkylation sites (tertiary alicyclic amines) is 1. The van der Waals surface area contributed by atoms with Crippen LogP contribution in [0.1, 0.15) is 28.9 Å². The largest absolute Gasteiger partial charge is 0.299 e. The molecular weight excluding hydrogens is 334 g/mol. The second-order valence-electron chi connectivity index (χ2n) is 7.31. The lowest BCUT2D eigenvalue weighted by Gasteiger charge is -2.30. The molecule has 1 aromatic heterocycles. The van der Waals surface area contributed by atoms with E-state index >= 15 is 0 Å². The maximum absolute atomic E-state index is 12.6. The summed E-state index contributed by atoms with van der Waals surface area (Å²) in [6, 6.07) is 18.5. The molecule has 4 rings (SSSR count). The summed E-state index contributed by atoms with van der Waals surface area (Å²) in [5, 5.41) is 5.34. The maximum Gasteiger partial charge on any atom is 0.206 e. The highest BCUT2D eigenvalue weighted by Crippen LogP contribution is 2.22. The van der Waals surface area contributed by atoms with Gasteiger partial charge in [0, 0.05) is 19.0 Å². The molecule has 2 heterocycles. The van der Waals surface area contributed by atoms with Gasteiger partial charge in [-0.15, -0.1) is 0 Å². The molecule has 1 aliphatic heterocycles. The molecule has 138 valence electrons. The van der Waals surface area contributed by atoms with Crippen molar-refractivity contribution in [3.8, 4) is 0 Å². The van der Waals surface area contributed by atoms with Crippen molar-refractivity contribution < 1.29 is 4.79 Å². The van der Waals surface area contributed by atoms with E-state index in [0.29, 0.717) is 11.6 Å². The number of para-hydroxylation sites is 1. The van der Waals surface area contributed by atoms with Crippen LogP contribution in [0.5, 0.6) is 0 Å². The molecule has 1 saturated heterocycles. The molecule has 0 saturated carbocycles. The Kier molecular flexibility index (Phi) is 5.16. The Bertz CT molecular complexity index is 950. The molecular formula is C23H25N3O. The van der Waals surface area contributed by atoms with E-state index in [1.54, 1.807) is 10.8 Å². The highest BCUT2D eigenvalue weighted by atomic mass is 16.1. The van der Waals surface area contributed by atoms with E-state index in [2.05, 4.69) is 46.4 Å². The molecule has 3 aromatic rings. The summed E-state index contributed by atoms with van der Waals surface area (Å²) < 4.78 is 1.78. The number of hydrogen-bond donors (Lipinski definition) is 0. The zero-order valence-corrected chi connectivity index (χ0v) is 15.7. The third-order valence-electron chi connectivity index (χ3n) is 5.39. The van der Waals surface area contributed by atoms with Gasteiger partial charge >= 0.3 is 0 Å². The number of fused-ring (bicyclic) bond motifs is 1. The minimum atomic E-state index is -0.00137. The summed E-state index contributed by atoms with van der Waals surface area (Å²) in [4.78, 5) is 15.1. The first-order chi connectivity index (χ1) is 13.2. The zero-order valence-electron chi connectivity index (χ0n) is 15.7. The first-order valence-electron chi connectivity index (χ1n) is 9.61. The smallest absolute Gasteiger partial charge is 0.206 e. The number of benzene rings is 2. The average Bonchev–Trinajstić information content (AvgIpc) is 3.05. The van der Waals surface area contributed by atoms with Gasteiger partial charge in [0.1, 0.15) is 5.69 Å². The Morgan fingerprint density at radius 3 is 2.56 bits per heavy atom. The Balaban J connectivity index is 1.36. The molecule has 4 nitrogen and oxygen atoms in total. The number of nitrogens with zero attached hydrogens (tertiary/aromatic N) is 3. The number of piperidine rings is 1. The van der Waals surface area contributed by atoms with E-state index in [-0.39, 0.29) is 5.78 Å². The predicted octanol–water partition coefficient (Wildman–Crippen LogP) is 4.22. The Labute approximate surface area is 160 Å². The molecule has 1 fully saturated rings. The van der Waals surface area contributed by atoms with Gasteiger partial charge in [0.2, 0.25) is 5.78 Å². The van der Waals surface area contributed by atoms with Gasteiger partial charge in [-0.3, -0.25) is 14.4 Å². The summed E-state index contributed by atoms with van der Waals surface area (Å²) in [6.07, 6.45) is 6.01. The van der Waals surface area contributed by atoms with Gasteiger partial charge in [0.25, 0.3) is 0 Å². The number of hydrogen-bond acceptors (Lipinski definition) is 3. The van der Waals surface area contributed by atoms with Crippen LogP contribution in [0.3, 0.4) is 0 Å². The maximum atomic E-state index is 12.6. The third kappa shape index (κ3) is 4.01. The van der Waals surface area contributed by atoms with Crippen LogP contribution < -0.4 is 0 Å². The molecule has 2 aromatic carbocycles. The molecule has 0 bridgehead atoms. The number of aromatic nitrogens is 2. The normalized spacial score (nSPS) is 16.3. The summed E-state index contributed by atoms with van der Waals surface area (Å²) >= 11 is 0. The monoisotopic (exact) mass is 359 g/mol. The van der Waals surface area contributed by atoms with Crippen LogP contribution in [0.25, 0.3) is 10.9 Å². The molecule has 0 N–H and O–H groups in total. The highest BCUT2D eigenvalue weighted by molar-refractivity contribution is 6.11. The second-order valence-corrected chi connectivity index (χ2v) is 7.31. The van der Waals surface area contributed by atoms with Crippen molar-refractivity contribution in [3.05, 3.63) is 78.0 Å². The van der Waals surface area contributed by atoms with Gasteiger partial charge in [-0.05, 0) is 49.6 Å². The molecule has 1 aliphatic rings. The van der Waals surface area contributed by atoms with Crippen molar-refractivity contribution in [3.63, 3.8) is 0 Å². The fourth-order valence-electron chi connectivity index (χ4n) is 3.84. The fourth-order valence-corrected chi connectivity index (χ4v) is 3.84. The topological polar surface area (TPSA) is 38.1 Å². The fraction of sp³-hybridized carbons (Fsp3) is 0.304. The molecule has 0 spiro atoms. The van der Waals surface area contributed by atoms with Crippen LogP contribution in [-0.2, 0) is 13.6 Å². The van der Waals surface area contributed by atoms with Crippen LogP contribution in [0.15, 0.2) is 66.7 Å². The number of carbonyl (C=O) groups excluding carboxylic acids is 1. The summed E-state index contributed by atoms with van der Waals surface area (Å²) in [6.45, 7) is 3.16. The van der Waals surface area contributed by atoms with Crippen molar-refractivity contribution in [2.24, 2.45) is 13.0 Å². The van der Waals surface area contributed by atoms with Crippen LogP contribution in [0, 0.1) is 5.92 Å². The molecule has 0 atom stereocenters. The van der Waals surface area contributed by atoms with Crippen molar-refractivity contribution in [1.82, 2.24) is 14.7 Å². The van der Waals surface area contributed by atoms with Gasteiger partial charge in [-0.25, -0.2) is 0 Å². The third-order valence-corrected chi connectivity index (χ3v) is 5.39. The summed E-state index contributed by atoms with van der Waals surface area (Å²) in [5.74, 6) is 0.467. The first kappa shape index (κ1) is 17.7. The number of rotatable bonds is 5. The van der Waals surface area contributed by atoms with E-state index < -0.39 is 0 Å². The van der Waals surface area contributed by atoms with Crippen LogP contribution in [0.4, 0.5) is 0 Å². The van der Waals surface area contributed by atoms with Crippen LogP contribution >= 0.6 is 0 Å².